The van der Waals surface area contributed by atoms with E-state index in [4.69, 9.17) is 16.7 Å². The van der Waals surface area contributed by atoms with Crippen LogP contribution >= 0.6 is 11.6 Å². The molecule has 0 aliphatic rings. The van der Waals surface area contributed by atoms with Gasteiger partial charge in [-0.3, -0.25) is 10.1 Å². The van der Waals surface area contributed by atoms with Crippen molar-refractivity contribution < 1.29 is 10.0 Å². The first-order valence-electron chi connectivity index (χ1n) is 3.60. The van der Waals surface area contributed by atoms with Crippen molar-refractivity contribution in [2.75, 3.05) is 0 Å². The number of aryl methyl sites for hydroxylation is 1. The van der Waals surface area contributed by atoms with Gasteiger partial charge in [-0.2, -0.15) is 0 Å². The summed E-state index contributed by atoms with van der Waals surface area (Å²) in [5, 5.41) is 19.4. The fourth-order valence-corrected chi connectivity index (χ4v) is 1.30. The molecule has 13 heavy (non-hydrogen) atoms. The molecule has 0 saturated carbocycles. The lowest BCUT2D eigenvalue weighted by molar-refractivity contribution is -0.384. The summed E-state index contributed by atoms with van der Waals surface area (Å²) in [6.45, 7) is 1.52. The number of hydrogen-bond acceptors (Lipinski definition) is 3. The van der Waals surface area contributed by atoms with Gasteiger partial charge in [-0.15, -0.1) is 0 Å². The van der Waals surface area contributed by atoms with Crippen LogP contribution in [0.1, 0.15) is 11.1 Å². The van der Waals surface area contributed by atoms with Gasteiger partial charge in [0.1, 0.15) is 5.02 Å². The van der Waals surface area contributed by atoms with Crippen molar-refractivity contribution in [2.24, 2.45) is 0 Å². The number of nitro groups is 1. The van der Waals surface area contributed by atoms with Crippen LogP contribution < -0.4 is 0 Å². The summed E-state index contributed by atoms with van der Waals surface area (Å²) in [5.74, 6) is 0. The van der Waals surface area contributed by atoms with E-state index in [-0.39, 0.29) is 17.3 Å². The van der Waals surface area contributed by atoms with Crippen LogP contribution in [0.15, 0.2) is 12.1 Å². The summed E-state index contributed by atoms with van der Waals surface area (Å²) in [7, 11) is 0. The van der Waals surface area contributed by atoms with Gasteiger partial charge in [0.25, 0.3) is 5.69 Å². The van der Waals surface area contributed by atoms with E-state index in [1.807, 2.05) is 0 Å². The molecule has 70 valence electrons. The molecule has 0 heterocycles. The molecule has 1 aromatic rings. The fraction of sp³-hybridized carbons (Fsp3) is 0.250. The predicted molar refractivity (Wildman–Crippen MR) is 48.8 cm³/mol. The summed E-state index contributed by atoms with van der Waals surface area (Å²) in [6.07, 6.45) is 0. The van der Waals surface area contributed by atoms with Crippen molar-refractivity contribution in [3.63, 3.8) is 0 Å². The third-order valence-electron chi connectivity index (χ3n) is 1.77. The van der Waals surface area contributed by atoms with Crippen LogP contribution in [0, 0.1) is 17.0 Å². The smallest absolute Gasteiger partial charge is 0.288 e. The summed E-state index contributed by atoms with van der Waals surface area (Å²) in [6, 6.07) is 2.77. The fourth-order valence-electron chi connectivity index (χ4n) is 1.01. The zero-order valence-electron chi connectivity index (χ0n) is 6.95. The molecular formula is C8H8ClNO3. The first kappa shape index (κ1) is 9.95. The molecule has 4 nitrogen and oxygen atoms in total. The summed E-state index contributed by atoms with van der Waals surface area (Å²) in [5.41, 5.74) is 1.10. The van der Waals surface area contributed by atoms with Crippen LogP contribution in [0.25, 0.3) is 0 Å². The molecule has 0 aromatic heterocycles. The van der Waals surface area contributed by atoms with Crippen molar-refractivity contribution in [1.29, 1.82) is 0 Å². The largest absolute Gasteiger partial charge is 0.392 e. The molecule has 0 amide bonds. The second-order valence-electron chi connectivity index (χ2n) is 2.65. The minimum atomic E-state index is -0.569. The molecular weight excluding hydrogens is 194 g/mol. The van der Waals surface area contributed by atoms with Crippen molar-refractivity contribution in [2.45, 2.75) is 13.5 Å². The van der Waals surface area contributed by atoms with Gasteiger partial charge in [-0.05, 0) is 24.1 Å². The lowest BCUT2D eigenvalue weighted by Crippen LogP contribution is -1.94. The molecule has 1 N–H and O–H groups in total. The standard InChI is InChI=1S/C8H8ClNO3/c1-5-2-7(9)8(10(12)13)3-6(5)4-11/h2-3,11H,4H2,1H3. The zero-order chi connectivity index (χ0) is 10.0. The highest BCUT2D eigenvalue weighted by molar-refractivity contribution is 6.32. The molecule has 0 unspecified atom stereocenters. The maximum Gasteiger partial charge on any atom is 0.288 e. The van der Waals surface area contributed by atoms with E-state index < -0.39 is 4.92 Å². The Bertz CT molecular complexity index is 351. The third kappa shape index (κ3) is 1.96. The monoisotopic (exact) mass is 201 g/mol. The van der Waals surface area contributed by atoms with E-state index in [1.165, 1.54) is 12.1 Å². The number of hydrogen-bond donors (Lipinski definition) is 1. The number of nitrogens with zero attached hydrogens (tertiary/aromatic N) is 1. The van der Waals surface area contributed by atoms with Crippen molar-refractivity contribution in [1.82, 2.24) is 0 Å². The normalized spacial score (nSPS) is 10.1. The molecule has 0 fully saturated rings. The Kier molecular flexibility index (Phi) is 2.85. The molecule has 1 aromatic carbocycles. The number of benzene rings is 1. The highest BCUT2D eigenvalue weighted by atomic mass is 35.5. The number of rotatable bonds is 2. The number of aliphatic hydroxyl groups is 1. The first-order valence-corrected chi connectivity index (χ1v) is 3.98. The van der Waals surface area contributed by atoms with E-state index in [0.717, 1.165) is 5.56 Å². The molecule has 0 aliphatic heterocycles. The van der Waals surface area contributed by atoms with Gasteiger partial charge in [0, 0.05) is 6.07 Å². The van der Waals surface area contributed by atoms with Gasteiger partial charge in [-0.1, -0.05) is 11.6 Å². The highest BCUT2D eigenvalue weighted by Crippen LogP contribution is 2.27. The predicted octanol–water partition coefficient (Wildman–Crippen LogP) is 2.05. The first-order chi connectivity index (χ1) is 6.06. The molecule has 0 aliphatic carbocycles. The number of halogens is 1. The van der Waals surface area contributed by atoms with Crippen molar-refractivity contribution in [3.8, 4) is 0 Å². The van der Waals surface area contributed by atoms with Crippen molar-refractivity contribution in [3.05, 3.63) is 38.4 Å². The van der Waals surface area contributed by atoms with Gasteiger partial charge >= 0.3 is 0 Å². The van der Waals surface area contributed by atoms with Gasteiger partial charge in [0.05, 0.1) is 11.5 Å². The summed E-state index contributed by atoms with van der Waals surface area (Å²) in [4.78, 5) is 9.87. The van der Waals surface area contributed by atoms with Gasteiger partial charge in [-0.25, -0.2) is 0 Å². The lowest BCUT2D eigenvalue weighted by atomic mass is 10.1. The molecule has 0 radical (unpaired) electrons. The number of aliphatic hydroxyl groups excluding tert-OH is 1. The van der Waals surface area contributed by atoms with Crippen LogP contribution in [-0.2, 0) is 6.61 Å². The molecule has 5 heteroatoms. The molecule has 1 rings (SSSR count). The lowest BCUT2D eigenvalue weighted by Gasteiger charge is -2.02. The van der Waals surface area contributed by atoms with E-state index in [1.54, 1.807) is 6.92 Å². The Hall–Kier alpha value is -1.13. The summed E-state index contributed by atoms with van der Waals surface area (Å²) >= 11 is 5.63. The second-order valence-corrected chi connectivity index (χ2v) is 3.05. The van der Waals surface area contributed by atoms with E-state index in [9.17, 15) is 10.1 Å². The molecule has 0 saturated heterocycles. The Morgan fingerprint density at radius 1 is 1.62 bits per heavy atom. The Morgan fingerprint density at radius 3 is 2.69 bits per heavy atom. The highest BCUT2D eigenvalue weighted by Gasteiger charge is 2.14. The minimum absolute atomic E-state index is 0.0969. The molecule has 0 atom stereocenters. The van der Waals surface area contributed by atoms with Crippen LogP contribution in [0.3, 0.4) is 0 Å². The van der Waals surface area contributed by atoms with Crippen LogP contribution in [-0.4, -0.2) is 10.0 Å². The zero-order valence-corrected chi connectivity index (χ0v) is 7.71. The second kappa shape index (κ2) is 3.72. The average Bonchev–Trinajstić information content (AvgIpc) is 2.03. The SMILES string of the molecule is Cc1cc(Cl)c([N+](=O)[O-])cc1CO. The minimum Gasteiger partial charge on any atom is -0.392 e. The van der Waals surface area contributed by atoms with Gasteiger partial charge < -0.3 is 5.11 Å². The maximum atomic E-state index is 10.4. The van der Waals surface area contributed by atoms with E-state index in [2.05, 4.69) is 0 Å². The number of nitro benzene ring substituents is 1. The maximum absolute atomic E-state index is 10.4. The average molecular weight is 202 g/mol. The van der Waals surface area contributed by atoms with Crippen LogP contribution in [0.5, 0.6) is 0 Å². The quantitative estimate of drug-likeness (QED) is 0.588. The summed E-state index contributed by atoms with van der Waals surface area (Å²) < 4.78 is 0. The van der Waals surface area contributed by atoms with Crippen molar-refractivity contribution >= 4 is 17.3 Å². The Labute approximate surface area is 79.9 Å². The topological polar surface area (TPSA) is 63.4 Å². The van der Waals surface area contributed by atoms with Gasteiger partial charge in [0.15, 0.2) is 0 Å². The molecule has 0 bridgehead atoms. The van der Waals surface area contributed by atoms with Crippen LogP contribution in [0.2, 0.25) is 5.02 Å². The van der Waals surface area contributed by atoms with Gasteiger partial charge in [0.2, 0.25) is 0 Å². The Morgan fingerprint density at radius 2 is 2.23 bits per heavy atom. The van der Waals surface area contributed by atoms with Crippen LogP contribution in [0.4, 0.5) is 5.69 Å². The van der Waals surface area contributed by atoms with E-state index in [0.29, 0.717) is 5.56 Å². The molecule has 0 spiro atoms. The third-order valence-corrected chi connectivity index (χ3v) is 2.08. The Balaban J connectivity index is 3.30. The van der Waals surface area contributed by atoms with E-state index >= 15 is 0 Å².